The lowest BCUT2D eigenvalue weighted by Crippen LogP contribution is -2.22. The molecular formula is C17H11FN4O2S2. The fraction of sp³-hybridized carbons (Fsp3) is 0.0588. The highest BCUT2D eigenvalue weighted by atomic mass is 32.2. The lowest BCUT2D eigenvalue weighted by molar-refractivity contribution is 0.626. The number of H-pyrrole nitrogens is 1. The number of fused-ring (bicyclic) bond motifs is 1. The van der Waals surface area contributed by atoms with Crippen molar-refractivity contribution < 1.29 is 4.39 Å². The van der Waals surface area contributed by atoms with Crippen molar-refractivity contribution in [2.75, 3.05) is 0 Å². The average Bonchev–Trinajstić information content (AvgIpc) is 3.10. The van der Waals surface area contributed by atoms with Crippen LogP contribution in [0.2, 0.25) is 0 Å². The summed E-state index contributed by atoms with van der Waals surface area (Å²) in [6, 6.07) is 9.17. The second kappa shape index (κ2) is 6.85. The molecule has 0 aliphatic rings. The molecule has 0 atom stereocenters. The van der Waals surface area contributed by atoms with Gasteiger partial charge in [-0.15, -0.1) is 11.3 Å². The Kier molecular flexibility index (Phi) is 4.39. The third kappa shape index (κ3) is 3.18. The molecule has 0 fully saturated rings. The summed E-state index contributed by atoms with van der Waals surface area (Å²) in [6.07, 6.45) is 1.46. The van der Waals surface area contributed by atoms with Crippen LogP contribution < -0.4 is 11.1 Å². The monoisotopic (exact) mass is 386 g/mol. The van der Waals surface area contributed by atoms with E-state index in [0.29, 0.717) is 26.9 Å². The maximum atomic E-state index is 13.4. The number of benzene rings is 1. The summed E-state index contributed by atoms with van der Waals surface area (Å²) in [5.74, 6) is 0.118. The second-order valence-electron chi connectivity index (χ2n) is 5.37. The first kappa shape index (κ1) is 16.7. The minimum atomic E-state index is -0.316. The van der Waals surface area contributed by atoms with Crippen LogP contribution >= 0.6 is 23.1 Å². The smallest absolute Gasteiger partial charge is 0.278 e. The topological polar surface area (TPSA) is 80.6 Å². The Hall–Kier alpha value is -2.78. The lowest BCUT2D eigenvalue weighted by atomic mass is 10.2. The lowest BCUT2D eigenvalue weighted by Gasteiger charge is -2.11. The van der Waals surface area contributed by atoms with Crippen LogP contribution in [0.4, 0.5) is 4.39 Å². The van der Waals surface area contributed by atoms with E-state index in [9.17, 15) is 14.0 Å². The average molecular weight is 386 g/mol. The zero-order chi connectivity index (χ0) is 18.1. The van der Waals surface area contributed by atoms with Gasteiger partial charge in [-0.05, 0) is 23.8 Å². The van der Waals surface area contributed by atoms with Gasteiger partial charge in [0, 0.05) is 18.0 Å². The molecule has 0 unspecified atom stereocenters. The van der Waals surface area contributed by atoms with Gasteiger partial charge in [0.15, 0.2) is 10.8 Å². The number of pyridine rings is 1. The molecule has 0 spiro atoms. The SMILES string of the molecule is O=c1ccc(-n2c(SCc3cccc(F)c3)nc3ncsc3c2=O)c[nH]1. The molecule has 6 nitrogen and oxygen atoms in total. The van der Waals surface area contributed by atoms with Gasteiger partial charge in [-0.1, -0.05) is 23.9 Å². The van der Waals surface area contributed by atoms with Gasteiger partial charge in [0.1, 0.15) is 10.5 Å². The fourth-order valence-corrected chi connectivity index (χ4v) is 4.03. The first-order chi connectivity index (χ1) is 12.6. The molecule has 0 radical (unpaired) electrons. The molecule has 9 heteroatoms. The molecule has 3 heterocycles. The molecule has 0 amide bonds. The molecular weight excluding hydrogens is 375 g/mol. The van der Waals surface area contributed by atoms with Gasteiger partial charge in [0.25, 0.3) is 5.56 Å². The van der Waals surface area contributed by atoms with E-state index in [0.717, 1.165) is 5.56 Å². The van der Waals surface area contributed by atoms with Crippen molar-refractivity contribution in [3.63, 3.8) is 0 Å². The number of thiazole rings is 1. The van der Waals surface area contributed by atoms with Crippen molar-refractivity contribution in [1.29, 1.82) is 0 Å². The van der Waals surface area contributed by atoms with Crippen molar-refractivity contribution >= 4 is 33.4 Å². The van der Waals surface area contributed by atoms with Gasteiger partial charge in [0.05, 0.1) is 11.2 Å². The van der Waals surface area contributed by atoms with Gasteiger partial charge in [-0.2, -0.15) is 0 Å². The number of halogens is 1. The van der Waals surface area contributed by atoms with Crippen molar-refractivity contribution in [1.82, 2.24) is 19.5 Å². The van der Waals surface area contributed by atoms with E-state index in [2.05, 4.69) is 15.0 Å². The van der Waals surface area contributed by atoms with Gasteiger partial charge in [-0.3, -0.25) is 14.2 Å². The number of thioether (sulfide) groups is 1. The normalized spacial score (nSPS) is 11.1. The van der Waals surface area contributed by atoms with Gasteiger partial charge in [-0.25, -0.2) is 14.4 Å². The summed E-state index contributed by atoms with van der Waals surface area (Å²) >= 11 is 2.51. The Morgan fingerprint density at radius 3 is 2.88 bits per heavy atom. The summed E-state index contributed by atoms with van der Waals surface area (Å²) in [4.78, 5) is 35.4. The van der Waals surface area contributed by atoms with Crippen LogP contribution in [0, 0.1) is 5.82 Å². The zero-order valence-corrected chi connectivity index (χ0v) is 14.8. The van der Waals surface area contributed by atoms with Crippen LogP contribution in [-0.4, -0.2) is 19.5 Å². The van der Waals surface area contributed by atoms with E-state index in [4.69, 9.17) is 0 Å². The first-order valence-corrected chi connectivity index (χ1v) is 9.41. The van der Waals surface area contributed by atoms with E-state index in [1.165, 1.54) is 52.1 Å². The van der Waals surface area contributed by atoms with Crippen LogP contribution in [0.3, 0.4) is 0 Å². The minimum Gasteiger partial charge on any atom is -0.327 e. The number of aromatic amines is 1. The van der Waals surface area contributed by atoms with E-state index < -0.39 is 0 Å². The number of hydrogen-bond acceptors (Lipinski definition) is 6. The van der Waals surface area contributed by atoms with E-state index in [-0.39, 0.29) is 16.9 Å². The Labute approximate surface area is 154 Å². The van der Waals surface area contributed by atoms with Crippen LogP contribution in [0.5, 0.6) is 0 Å². The maximum absolute atomic E-state index is 13.4. The molecule has 1 aromatic carbocycles. The molecule has 0 aliphatic heterocycles. The third-order valence-electron chi connectivity index (χ3n) is 3.62. The summed E-state index contributed by atoms with van der Waals surface area (Å²) in [5, 5.41) is 0.421. The number of nitrogens with zero attached hydrogens (tertiary/aromatic N) is 3. The summed E-state index contributed by atoms with van der Waals surface area (Å²) in [6.45, 7) is 0. The van der Waals surface area contributed by atoms with Crippen LogP contribution in [0.15, 0.2) is 62.9 Å². The predicted octanol–water partition coefficient (Wildman–Crippen LogP) is 2.96. The van der Waals surface area contributed by atoms with Crippen molar-refractivity contribution in [2.45, 2.75) is 10.9 Å². The fourth-order valence-electron chi connectivity index (χ4n) is 2.44. The summed E-state index contributed by atoms with van der Waals surface area (Å²) in [7, 11) is 0. The van der Waals surface area contributed by atoms with Crippen molar-refractivity contribution in [2.24, 2.45) is 0 Å². The highest BCUT2D eigenvalue weighted by molar-refractivity contribution is 7.98. The molecule has 26 heavy (non-hydrogen) atoms. The van der Waals surface area contributed by atoms with Crippen molar-refractivity contribution in [3.05, 3.63) is 80.2 Å². The molecule has 0 saturated heterocycles. The summed E-state index contributed by atoms with van der Waals surface area (Å²) < 4.78 is 15.3. The highest BCUT2D eigenvalue weighted by Crippen LogP contribution is 2.25. The molecule has 4 rings (SSSR count). The zero-order valence-electron chi connectivity index (χ0n) is 13.2. The van der Waals surface area contributed by atoms with Crippen LogP contribution in [0.25, 0.3) is 16.0 Å². The second-order valence-corrected chi connectivity index (χ2v) is 7.17. The van der Waals surface area contributed by atoms with Gasteiger partial charge in [0.2, 0.25) is 5.56 Å². The maximum Gasteiger partial charge on any atom is 0.278 e. The molecule has 3 aromatic heterocycles. The molecule has 0 saturated carbocycles. The number of hydrogen-bond donors (Lipinski definition) is 1. The molecule has 0 aliphatic carbocycles. The Bertz CT molecular complexity index is 1190. The number of rotatable bonds is 4. The van der Waals surface area contributed by atoms with Crippen molar-refractivity contribution in [3.8, 4) is 5.69 Å². The Morgan fingerprint density at radius 1 is 1.23 bits per heavy atom. The first-order valence-electron chi connectivity index (χ1n) is 7.54. The molecule has 0 bridgehead atoms. The van der Waals surface area contributed by atoms with E-state index in [1.54, 1.807) is 23.7 Å². The van der Waals surface area contributed by atoms with E-state index in [1.807, 2.05) is 0 Å². The minimum absolute atomic E-state index is 0.258. The third-order valence-corrected chi connectivity index (χ3v) is 5.44. The van der Waals surface area contributed by atoms with E-state index >= 15 is 0 Å². The van der Waals surface area contributed by atoms with Gasteiger partial charge >= 0.3 is 0 Å². The largest absolute Gasteiger partial charge is 0.327 e. The quantitative estimate of drug-likeness (QED) is 0.431. The highest BCUT2D eigenvalue weighted by Gasteiger charge is 2.15. The number of aromatic nitrogens is 4. The number of nitrogens with one attached hydrogen (secondary N) is 1. The Morgan fingerprint density at radius 2 is 2.12 bits per heavy atom. The predicted molar refractivity (Wildman–Crippen MR) is 99.6 cm³/mol. The molecule has 1 N–H and O–H groups in total. The van der Waals surface area contributed by atoms with Crippen LogP contribution in [-0.2, 0) is 5.75 Å². The standard InChI is InChI=1S/C17H11FN4O2S2/c18-11-3-1-2-10(6-11)8-25-17-21-15-14(26-9-20-15)16(24)22(17)12-4-5-13(23)19-7-12/h1-7,9H,8H2,(H,19,23). The summed E-state index contributed by atoms with van der Waals surface area (Å²) in [5.41, 5.74) is 2.70. The Balaban J connectivity index is 1.81. The van der Waals surface area contributed by atoms with Crippen LogP contribution in [0.1, 0.15) is 5.56 Å². The van der Waals surface area contributed by atoms with Gasteiger partial charge < -0.3 is 4.98 Å². The molecule has 130 valence electrons. The molecule has 4 aromatic rings.